The lowest BCUT2D eigenvalue weighted by molar-refractivity contribution is -0.144. The van der Waals surface area contributed by atoms with Crippen LogP contribution in [0, 0.1) is 0 Å². The van der Waals surface area contributed by atoms with E-state index in [1.54, 1.807) is 31.2 Å². The molecule has 1 aromatic rings. The molecule has 7 nitrogen and oxygen atoms in total. The highest BCUT2D eigenvalue weighted by atomic mass is 32.1. The van der Waals surface area contributed by atoms with E-state index in [4.69, 9.17) is 17.0 Å². The van der Waals surface area contributed by atoms with E-state index in [1.807, 2.05) is 4.90 Å². The zero-order chi connectivity index (χ0) is 18.9. The fourth-order valence-corrected chi connectivity index (χ4v) is 2.83. The highest BCUT2D eigenvalue weighted by molar-refractivity contribution is 7.80. The van der Waals surface area contributed by atoms with E-state index in [9.17, 15) is 14.4 Å². The van der Waals surface area contributed by atoms with Crippen LogP contribution < -0.4 is 10.6 Å². The second-order valence-corrected chi connectivity index (χ2v) is 6.29. The summed E-state index contributed by atoms with van der Waals surface area (Å²) < 4.78 is 4.76. The highest BCUT2D eigenvalue weighted by Crippen LogP contribution is 2.15. The SMILES string of the molecule is CCOC(=O)CCC(=O)NC(=S)Nc1ccc(C(=O)N2CCCC2)cc1. The summed E-state index contributed by atoms with van der Waals surface area (Å²) in [5.41, 5.74) is 1.29. The van der Waals surface area contributed by atoms with Gasteiger partial charge in [0.2, 0.25) is 5.91 Å². The number of benzene rings is 1. The van der Waals surface area contributed by atoms with Gasteiger partial charge in [0.15, 0.2) is 5.11 Å². The third-order valence-corrected chi connectivity index (χ3v) is 4.10. The van der Waals surface area contributed by atoms with Gasteiger partial charge in [-0.25, -0.2) is 0 Å². The fourth-order valence-electron chi connectivity index (χ4n) is 2.60. The molecule has 0 radical (unpaired) electrons. The molecule has 0 aromatic heterocycles. The maximum atomic E-state index is 12.3. The Morgan fingerprint density at radius 1 is 1.12 bits per heavy atom. The number of thiocarbonyl (C=S) groups is 1. The first-order valence-corrected chi connectivity index (χ1v) is 9.06. The Kier molecular flexibility index (Phi) is 7.53. The highest BCUT2D eigenvalue weighted by Gasteiger charge is 2.19. The summed E-state index contributed by atoms with van der Waals surface area (Å²) >= 11 is 5.08. The van der Waals surface area contributed by atoms with Crippen LogP contribution in [0.3, 0.4) is 0 Å². The van der Waals surface area contributed by atoms with Gasteiger partial charge in [-0.1, -0.05) is 0 Å². The fraction of sp³-hybridized carbons (Fsp3) is 0.444. The van der Waals surface area contributed by atoms with Crippen LogP contribution in [0.4, 0.5) is 5.69 Å². The zero-order valence-corrected chi connectivity index (χ0v) is 15.6. The zero-order valence-electron chi connectivity index (χ0n) is 14.7. The van der Waals surface area contributed by atoms with E-state index in [-0.39, 0.29) is 36.4 Å². The van der Waals surface area contributed by atoms with Gasteiger partial charge >= 0.3 is 5.97 Å². The summed E-state index contributed by atoms with van der Waals surface area (Å²) in [6, 6.07) is 6.93. The molecule has 1 fully saturated rings. The van der Waals surface area contributed by atoms with E-state index in [1.165, 1.54) is 0 Å². The van der Waals surface area contributed by atoms with Crippen LogP contribution in [0.2, 0.25) is 0 Å². The van der Waals surface area contributed by atoms with Crippen molar-refractivity contribution in [3.63, 3.8) is 0 Å². The number of carbonyl (C=O) groups is 3. The molecular weight excluding hydrogens is 354 g/mol. The molecule has 1 aromatic carbocycles. The first-order valence-electron chi connectivity index (χ1n) is 8.65. The molecule has 1 heterocycles. The normalized spacial score (nSPS) is 13.2. The van der Waals surface area contributed by atoms with Crippen LogP contribution in [-0.4, -0.2) is 47.5 Å². The molecule has 1 aliphatic rings. The predicted octanol–water partition coefficient (Wildman–Crippen LogP) is 2.08. The topological polar surface area (TPSA) is 87.7 Å². The summed E-state index contributed by atoms with van der Waals surface area (Å²) in [5, 5.41) is 5.52. The van der Waals surface area contributed by atoms with E-state index in [2.05, 4.69) is 10.6 Å². The Bertz CT molecular complexity index is 670. The molecule has 2 N–H and O–H groups in total. The minimum Gasteiger partial charge on any atom is -0.466 e. The van der Waals surface area contributed by atoms with Gasteiger partial charge < -0.3 is 20.3 Å². The average molecular weight is 377 g/mol. The molecule has 1 saturated heterocycles. The number of nitrogens with zero attached hydrogens (tertiary/aromatic N) is 1. The second kappa shape index (κ2) is 9.86. The van der Waals surface area contributed by atoms with Gasteiger partial charge in [-0.05, 0) is 56.2 Å². The molecule has 2 amide bonds. The van der Waals surface area contributed by atoms with Crippen LogP contribution in [-0.2, 0) is 14.3 Å². The third-order valence-electron chi connectivity index (χ3n) is 3.90. The first kappa shape index (κ1) is 19.8. The molecule has 0 spiro atoms. The van der Waals surface area contributed by atoms with Crippen molar-refractivity contribution < 1.29 is 19.1 Å². The number of nitrogens with one attached hydrogen (secondary N) is 2. The second-order valence-electron chi connectivity index (χ2n) is 5.88. The van der Waals surface area contributed by atoms with E-state index in [0.29, 0.717) is 11.3 Å². The van der Waals surface area contributed by atoms with E-state index >= 15 is 0 Å². The summed E-state index contributed by atoms with van der Waals surface area (Å²) in [6.45, 7) is 3.61. The Morgan fingerprint density at radius 2 is 1.77 bits per heavy atom. The molecular formula is C18H23N3O4S. The van der Waals surface area contributed by atoms with Crippen molar-refractivity contribution in [2.75, 3.05) is 25.0 Å². The van der Waals surface area contributed by atoms with Gasteiger partial charge in [0.05, 0.1) is 13.0 Å². The standard InChI is InChI=1S/C18H23N3O4S/c1-2-25-16(23)10-9-15(22)20-18(26)19-14-7-5-13(6-8-14)17(24)21-11-3-4-12-21/h5-8H,2-4,9-12H2,1H3,(H2,19,20,22,26). The van der Waals surface area contributed by atoms with Crippen LogP contribution >= 0.6 is 12.2 Å². The van der Waals surface area contributed by atoms with Crippen LogP contribution in [0.1, 0.15) is 43.0 Å². The molecule has 0 unspecified atom stereocenters. The van der Waals surface area contributed by atoms with Crippen molar-refractivity contribution in [3.05, 3.63) is 29.8 Å². The molecule has 8 heteroatoms. The van der Waals surface area contributed by atoms with Crippen molar-refractivity contribution in [1.82, 2.24) is 10.2 Å². The molecule has 140 valence electrons. The maximum absolute atomic E-state index is 12.3. The van der Waals surface area contributed by atoms with E-state index in [0.717, 1.165) is 25.9 Å². The van der Waals surface area contributed by atoms with Crippen molar-refractivity contribution in [3.8, 4) is 0 Å². The smallest absolute Gasteiger partial charge is 0.306 e. The number of ether oxygens (including phenoxy) is 1. The summed E-state index contributed by atoms with van der Waals surface area (Å²) in [7, 11) is 0. The summed E-state index contributed by atoms with van der Waals surface area (Å²) in [5.74, 6) is -0.750. The van der Waals surface area contributed by atoms with Crippen molar-refractivity contribution in [2.24, 2.45) is 0 Å². The van der Waals surface area contributed by atoms with Crippen LogP contribution in [0.5, 0.6) is 0 Å². The lowest BCUT2D eigenvalue weighted by Crippen LogP contribution is -2.34. The number of carbonyl (C=O) groups excluding carboxylic acids is 3. The number of esters is 1. The first-order chi connectivity index (χ1) is 12.5. The minimum absolute atomic E-state index is 0.00390. The molecule has 1 aliphatic heterocycles. The molecule has 0 bridgehead atoms. The van der Waals surface area contributed by atoms with Crippen LogP contribution in [0.25, 0.3) is 0 Å². The number of likely N-dealkylation sites (tertiary alicyclic amines) is 1. The number of amides is 2. The maximum Gasteiger partial charge on any atom is 0.306 e. The summed E-state index contributed by atoms with van der Waals surface area (Å²) in [4.78, 5) is 37.1. The Labute approximate surface area is 158 Å². The number of anilines is 1. The number of hydrogen-bond acceptors (Lipinski definition) is 5. The lowest BCUT2D eigenvalue weighted by Gasteiger charge is -2.15. The van der Waals surface area contributed by atoms with Crippen molar-refractivity contribution in [2.45, 2.75) is 32.6 Å². The Morgan fingerprint density at radius 3 is 2.38 bits per heavy atom. The largest absolute Gasteiger partial charge is 0.466 e. The Balaban J connectivity index is 1.78. The average Bonchev–Trinajstić information content (AvgIpc) is 3.15. The van der Waals surface area contributed by atoms with Gasteiger partial charge in [0.1, 0.15) is 0 Å². The molecule has 0 aliphatic carbocycles. The van der Waals surface area contributed by atoms with Gasteiger partial charge in [-0.15, -0.1) is 0 Å². The van der Waals surface area contributed by atoms with E-state index < -0.39 is 5.97 Å². The minimum atomic E-state index is -0.417. The van der Waals surface area contributed by atoms with Gasteiger partial charge in [-0.3, -0.25) is 14.4 Å². The van der Waals surface area contributed by atoms with Gasteiger partial charge in [0, 0.05) is 30.8 Å². The quantitative estimate of drug-likeness (QED) is 0.583. The Hall–Kier alpha value is -2.48. The lowest BCUT2D eigenvalue weighted by atomic mass is 10.2. The number of hydrogen-bond donors (Lipinski definition) is 2. The predicted molar refractivity (Wildman–Crippen MR) is 102 cm³/mol. The third kappa shape index (κ3) is 6.11. The molecule has 0 saturated carbocycles. The monoisotopic (exact) mass is 377 g/mol. The van der Waals surface area contributed by atoms with Crippen LogP contribution in [0.15, 0.2) is 24.3 Å². The van der Waals surface area contributed by atoms with Gasteiger partial charge in [-0.2, -0.15) is 0 Å². The molecule has 26 heavy (non-hydrogen) atoms. The molecule has 0 atom stereocenters. The van der Waals surface area contributed by atoms with Crippen molar-refractivity contribution >= 4 is 40.8 Å². The molecule has 2 rings (SSSR count). The van der Waals surface area contributed by atoms with Crippen molar-refractivity contribution in [1.29, 1.82) is 0 Å². The van der Waals surface area contributed by atoms with Gasteiger partial charge in [0.25, 0.3) is 5.91 Å². The number of rotatable bonds is 6. The summed E-state index contributed by atoms with van der Waals surface area (Å²) in [6.07, 6.45) is 2.12.